The molecule has 0 aromatic carbocycles. The van der Waals surface area contributed by atoms with Crippen molar-refractivity contribution < 1.29 is 0 Å². The van der Waals surface area contributed by atoms with Crippen LogP contribution in [0.3, 0.4) is 0 Å². The molecule has 0 saturated carbocycles. The molecule has 0 unspecified atom stereocenters. The van der Waals surface area contributed by atoms with Gasteiger partial charge >= 0.3 is 0 Å². The van der Waals surface area contributed by atoms with Crippen molar-refractivity contribution in [1.29, 1.82) is 0 Å². The molecule has 2 heterocycles. The third kappa shape index (κ3) is 0.712. The standard InChI is InChI=1S/C5H5N3S/c1-3-8-5(6-1)9-4-2-7-8/h1-4,7H. The number of imidazole rings is 1. The smallest absolute Gasteiger partial charge is 0.191 e. The number of hydrogen-bond acceptors (Lipinski definition) is 3. The molecule has 0 atom stereocenters. The maximum atomic E-state index is 4.07. The molecule has 0 spiro atoms. The second-order valence-electron chi connectivity index (χ2n) is 1.63. The monoisotopic (exact) mass is 139 g/mol. The molecule has 0 fully saturated rings. The third-order valence-electron chi connectivity index (χ3n) is 1.06. The minimum Gasteiger partial charge on any atom is -0.299 e. The van der Waals surface area contributed by atoms with Gasteiger partial charge in [0.1, 0.15) is 0 Å². The first-order valence-corrected chi connectivity index (χ1v) is 3.46. The zero-order chi connectivity index (χ0) is 6.10. The fourth-order valence-electron chi connectivity index (χ4n) is 0.681. The van der Waals surface area contributed by atoms with Gasteiger partial charge in [0.25, 0.3) is 0 Å². The zero-order valence-electron chi connectivity index (χ0n) is 4.61. The van der Waals surface area contributed by atoms with E-state index in [9.17, 15) is 0 Å². The SMILES string of the molecule is C1=CSc2nccn2N1. The van der Waals surface area contributed by atoms with Crippen molar-refractivity contribution in [2.45, 2.75) is 5.16 Å². The van der Waals surface area contributed by atoms with Gasteiger partial charge in [-0.3, -0.25) is 5.43 Å². The molecule has 0 aliphatic carbocycles. The Morgan fingerprint density at radius 1 is 1.67 bits per heavy atom. The molecule has 0 radical (unpaired) electrons. The largest absolute Gasteiger partial charge is 0.299 e. The lowest BCUT2D eigenvalue weighted by Crippen LogP contribution is -2.09. The van der Waals surface area contributed by atoms with Gasteiger partial charge in [-0.15, -0.1) is 0 Å². The average Bonchev–Trinajstić information content (AvgIpc) is 2.33. The van der Waals surface area contributed by atoms with E-state index in [4.69, 9.17) is 0 Å². The summed E-state index contributed by atoms with van der Waals surface area (Å²) >= 11 is 1.60. The van der Waals surface area contributed by atoms with Crippen LogP contribution < -0.4 is 5.43 Å². The van der Waals surface area contributed by atoms with Gasteiger partial charge in [-0.05, 0) is 5.41 Å². The number of rotatable bonds is 0. The van der Waals surface area contributed by atoms with Crippen LogP contribution in [0.5, 0.6) is 0 Å². The summed E-state index contributed by atoms with van der Waals surface area (Å²) in [5.74, 6) is 0. The predicted molar refractivity (Wildman–Crippen MR) is 36.6 cm³/mol. The Labute approximate surface area is 56.7 Å². The number of fused-ring (bicyclic) bond motifs is 1. The molecule has 2 rings (SSSR count). The van der Waals surface area contributed by atoms with Crippen LogP contribution in [0.1, 0.15) is 0 Å². The lowest BCUT2D eigenvalue weighted by molar-refractivity contribution is 0.817. The van der Waals surface area contributed by atoms with Crippen LogP contribution in [0.4, 0.5) is 0 Å². The number of nitrogens with zero attached hydrogens (tertiary/aromatic N) is 2. The Kier molecular flexibility index (Phi) is 0.989. The van der Waals surface area contributed by atoms with Crippen molar-refractivity contribution in [2.24, 2.45) is 0 Å². The molecule has 1 aromatic rings. The van der Waals surface area contributed by atoms with Gasteiger partial charge in [-0.25, -0.2) is 9.66 Å². The summed E-state index contributed by atoms with van der Waals surface area (Å²) in [5, 5.41) is 2.94. The normalized spacial score (nSPS) is 14.7. The molecule has 1 aromatic heterocycles. The topological polar surface area (TPSA) is 29.9 Å². The van der Waals surface area contributed by atoms with E-state index in [1.165, 1.54) is 0 Å². The van der Waals surface area contributed by atoms with Crippen LogP contribution >= 0.6 is 11.8 Å². The first-order chi connectivity index (χ1) is 4.47. The van der Waals surface area contributed by atoms with Crippen LogP contribution in [0, 0.1) is 0 Å². The van der Waals surface area contributed by atoms with Gasteiger partial charge in [0.15, 0.2) is 5.16 Å². The highest BCUT2D eigenvalue weighted by Crippen LogP contribution is 2.17. The summed E-state index contributed by atoms with van der Waals surface area (Å²) < 4.78 is 1.87. The van der Waals surface area contributed by atoms with E-state index >= 15 is 0 Å². The minimum absolute atomic E-state index is 0.984. The highest BCUT2D eigenvalue weighted by atomic mass is 32.2. The molecule has 3 nitrogen and oxygen atoms in total. The van der Waals surface area contributed by atoms with Crippen molar-refractivity contribution in [1.82, 2.24) is 9.66 Å². The summed E-state index contributed by atoms with van der Waals surface area (Å²) in [6.45, 7) is 0. The van der Waals surface area contributed by atoms with E-state index in [1.54, 1.807) is 18.0 Å². The Morgan fingerprint density at radius 3 is 3.56 bits per heavy atom. The second-order valence-corrected chi connectivity index (χ2v) is 2.50. The lowest BCUT2D eigenvalue weighted by Gasteiger charge is -2.07. The van der Waals surface area contributed by atoms with E-state index in [0.29, 0.717) is 0 Å². The van der Waals surface area contributed by atoms with Gasteiger partial charge in [-0.2, -0.15) is 0 Å². The van der Waals surface area contributed by atoms with Crippen molar-refractivity contribution in [3.05, 3.63) is 24.0 Å². The fraction of sp³-hybridized carbons (Fsp3) is 0. The van der Waals surface area contributed by atoms with Crippen molar-refractivity contribution in [3.8, 4) is 0 Å². The van der Waals surface area contributed by atoms with Crippen LogP contribution in [-0.4, -0.2) is 9.66 Å². The molecular formula is C5H5N3S. The summed E-state index contributed by atoms with van der Waals surface area (Å²) in [6.07, 6.45) is 5.52. The van der Waals surface area contributed by atoms with Gasteiger partial charge in [0.2, 0.25) is 0 Å². The summed E-state index contributed by atoms with van der Waals surface area (Å²) in [4.78, 5) is 4.07. The van der Waals surface area contributed by atoms with Crippen molar-refractivity contribution >= 4 is 11.8 Å². The average molecular weight is 139 g/mol. The quantitative estimate of drug-likeness (QED) is 0.581. The fourth-order valence-corrected chi connectivity index (χ4v) is 1.28. The molecule has 46 valence electrons. The Hall–Kier alpha value is -0.900. The Balaban J connectivity index is 2.46. The van der Waals surface area contributed by atoms with E-state index in [2.05, 4.69) is 10.4 Å². The first-order valence-electron chi connectivity index (χ1n) is 2.58. The predicted octanol–water partition coefficient (Wildman–Crippen LogP) is 1.00. The highest BCUT2D eigenvalue weighted by Gasteiger charge is 2.01. The molecule has 1 aliphatic rings. The summed E-state index contributed by atoms with van der Waals surface area (Å²) in [7, 11) is 0. The van der Waals surface area contributed by atoms with Crippen molar-refractivity contribution in [3.63, 3.8) is 0 Å². The number of thioether (sulfide) groups is 1. The summed E-state index contributed by atoms with van der Waals surface area (Å²) in [5.41, 5.74) is 3.00. The molecule has 0 amide bonds. The Bertz CT molecular complexity index is 218. The maximum Gasteiger partial charge on any atom is 0.191 e. The highest BCUT2D eigenvalue weighted by molar-refractivity contribution is 8.02. The molecular weight excluding hydrogens is 134 g/mol. The molecule has 0 bridgehead atoms. The van der Waals surface area contributed by atoms with Gasteiger partial charge in [0.05, 0.1) is 0 Å². The van der Waals surface area contributed by atoms with Crippen LogP contribution in [0.25, 0.3) is 0 Å². The minimum atomic E-state index is 0.984. The van der Waals surface area contributed by atoms with E-state index in [-0.39, 0.29) is 0 Å². The van der Waals surface area contributed by atoms with Crippen LogP contribution in [0.15, 0.2) is 29.2 Å². The molecule has 1 aliphatic heterocycles. The molecule has 4 heteroatoms. The number of aromatic nitrogens is 2. The van der Waals surface area contributed by atoms with Gasteiger partial charge in [0, 0.05) is 18.6 Å². The van der Waals surface area contributed by atoms with E-state index in [0.717, 1.165) is 5.16 Å². The molecule has 0 saturated heterocycles. The van der Waals surface area contributed by atoms with E-state index < -0.39 is 0 Å². The van der Waals surface area contributed by atoms with Crippen LogP contribution in [0.2, 0.25) is 0 Å². The second kappa shape index (κ2) is 1.80. The lowest BCUT2D eigenvalue weighted by atomic mass is 10.9. The van der Waals surface area contributed by atoms with E-state index in [1.807, 2.05) is 22.5 Å². The zero-order valence-corrected chi connectivity index (χ0v) is 5.43. The number of nitrogens with one attached hydrogen (secondary N) is 1. The van der Waals surface area contributed by atoms with Gasteiger partial charge in [-0.1, -0.05) is 11.8 Å². The Morgan fingerprint density at radius 2 is 2.67 bits per heavy atom. The maximum absolute atomic E-state index is 4.07. The number of hydrogen-bond donors (Lipinski definition) is 1. The van der Waals surface area contributed by atoms with Crippen molar-refractivity contribution in [2.75, 3.05) is 5.43 Å². The molecule has 1 N–H and O–H groups in total. The first kappa shape index (κ1) is 4.93. The van der Waals surface area contributed by atoms with Gasteiger partial charge < -0.3 is 0 Å². The molecule has 9 heavy (non-hydrogen) atoms. The summed E-state index contributed by atoms with van der Waals surface area (Å²) in [6, 6.07) is 0. The third-order valence-corrected chi connectivity index (χ3v) is 1.85. The van der Waals surface area contributed by atoms with Crippen LogP contribution in [-0.2, 0) is 0 Å².